The van der Waals surface area contributed by atoms with Gasteiger partial charge >= 0.3 is 17.1 Å². The molecule has 0 atom stereocenters. The predicted octanol–water partition coefficient (Wildman–Crippen LogP) is -2.23. The Morgan fingerprint density at radius 1 is 1.00 bits per heavy atom. The van der Waals surface area contributed by atoms with E-state index in [0.717, 1.165) is 0 Å². The van der Waals surface area contributed by atoms with Crippen LogP contribution in [0.15, 0.2) is 0 Å². The first-order valence-electron chi connectivity index (χ1n) is 1.26. The summed E-state index contributed by atoms with van der Waals surface area (Å²) in [6.07, 6.45) is -4.17. The molecular weight excluding hydrogens is 175 g/mol. The van der Waals surface area contributed by atoms with E-state index in [-0.39, 0.29) is 17.1 Å². The van der Waals surface area contributed by atoms with E-state index in [1.807, 2.05) is 0 Å². The minimum atomic E-state index is -2.08. The van der Waals surface area contributed by atoms with Gasteiger partial charge in [0.15, 0.2) is 0 Å². The average Bonchev–Trinajstić information content (AvgIpc) is 1.25. The molecule has 0 saturated heterocycles. The summed E-state index contributed by atoms with van der Waals surface area (Å²) in [5.74, 6) is 0. The predicted molar refractivity (Wildman–Crippen MR) is 16.0 cm³/mol. The monoisotopic (exact) mass is 177 g/mol. The number of carboxylic acid groups (broad SMARTS) is 4. The maximum Gasteiger partial charge on any atom is 2.00 e. The van der Waals surface area contributed by atoms with Crippen molar-refractivity contribution in [3.63, 3.8) is 0 Å². The first kappa shape index (κ1) is 15.7. The molecule has 0 aromatic carbocycles. The van der Waals surface area contributed by atoms with Crippen LogP contribution in [0.4, 0.5) is 9.59 Å². The Kier molecular flexibility index (Phi) is 17.7. The summed E-state index contributed by atoms with van der Waals surface area (Å²) in [6.45, 7) is 0. The van der Waals surface area contributed by atoms with Crippen molar-refractivity contribution in [1.29, 1.82) is 0 Å². The standard InChI is InChI=1S/2CH2O3.Mn/c2*2-1(3)4;/h2*(H2,2,3,4);/q;;+2/p-2. The van der Waals surface area contributed by atoms with Crippen LogP contribution in [0.3, 0.4) is 0 Å². The molecule has 0 saturated carbocycles. The average molecular weight is 177 g/mol. The summed E-state index contributed by atoms with van der Waals surface area (Å²) in [4.78, 5) is 16.9. The van der Waals surface area contributed by atoms with Crippen LogP contribution in [0.25, 0.3) is 0 Å². The zero-order valence-electron chi connectivity index (χ0n) is 3.91. The van der Waals surface area contributed by atoms with Gasteiger partial charge in [0.25, 0.3) is 0 Å². The summed E-state index contributed by atoms with van der Waals surface area (Å²) in [7, 11) is 0. The third-order valence-electron chi connectivity index (χ3n) is 0. The molecule has 0 aromatic heterocycles. The third-order valence-corrected chi connectivity index (χ3v) is 0. The van der Waals surface area contributed by atoms with Gasteiger partial charge < -0.3 is 30.0 Å². The Balaban J connectivity index is -0.0000000720. The molecule has 0 aliphatic carbocycles. The second-order valence-corrected chi connectivity index (χ2v) is 0.532. The minimum Gasteiger partial charge on any atom is -0.565 e. The zero-order chi connectivity index (χ0) is 7.15. The fraction of sp³-hybridized carbons (Fsp3) is 0. The van der Waals surface area contributed by atoms with Crippen molar-refractivity contribution in [2.45, 2.75) is 0 Å². The van der Waals surface area contributed by atoms with Gasteiger partial charge in [0, 0.05) is 0 Å². The van der Waals surface area contributed by atoms with E-state index < -0.39 is 12.3 Å². The summed E-state index contributed by atoms with van der Waals surface area (Å²) < 4.78 is 0. The maximum atomic E-state index is 8.44. The third kappa shape index (κ3) is 204. The Bertz CT molecular complexity index is 69.1. The second-order valence-electron chi connectivity index (χ2n) is 0.532. The summed E-state index contributed by atoms with van der Waals surface area (Å²) >= 11 is 0. The molecule has 0 heterocycles. The molecule has 1 radical (unpaired) electrons. The fourth-order valence-electron chi connectivity index (χ4n) is 0. The molecule has 0 spiro atoms. The quantitative estimate of drug-likeness (QED) is 0.404. The van der Waals surface area contributed by atoms with E-state index in [2.05, 4.69) is 0 Å². The summed E-state index contributed by atoms with van der Waals surface area (Å²) in [6, 6.07) is 0. The molecule has 0 rings (SSSR count). The molecule has 2 N–H and O–H groups in total. The maximum absolute atomic E-state index is 8.44. The Hall–Kier alpha value is -0.941. The van der Waals surface area contributed by atoms with Crippen LogP contribution in [0.5, 0.6) is 0 Å². The van der Waals surface area contributed by atoms with Gasteiger partial charge in [-0.25, -0.2) is 0 Å². The normalized spacial score (nSPS) is 5.33. The molecule has 0 bridgehead atoms. The van der Waals surface area contributed by atoms with E-state index in [1.54, 1.807) is 0 Å². The van der Waals surface area contributed by atoms with Crippen LogP contribution < -0.4 is 10.2 Å². The van der Waals surface area contributed by atoms with E-state index >= 15 is 0 Å². The number of carbonyl (C=O) groups is 2. The van der Waals surface area contributed by atoms with Crippen molar-refractivity contribution >= 4 is 12.3 Å². The van der Waals surface area contributed by atoms with Crippen molar-refractivity contribution < 1.29 is 47.1 Å². The smallest absolute Gasteiger partial charge is 0.565 e. The fourth-order valence-corrected chi connectivity index (χ4v) is 0. The molecule has 0 fully saturated rings. The molecule has 0 aliphatic rings. The van der Waals surface area contributed by atoms with Crippen molar-refractivity contribution in [2.24, 2.45) is 0 Å². The molecule has 0 aliphatic heterocycles. The largest absolute Gasteiger partial charge is 2.00 e. The molecule has 0 unspecified atom stereocenters. The Morgan fingerprint density at radius 2 is 1.00 bits per heavy atom. The zero-order valence-corrected chi connectivity index (χ0v) is 5.09. The van der Waals surface area contributed by atoms with Gasteiger partial charge in [0.1, 0.15) is 0 Å². The van der Waals surface area contributed by atoms with E-state index in [1.165, 1.54) is 0 Å². The Labute approximate surface area is 60.2 Å². The van der Waals surface area contributed by atoms with Crippen LogP contribution in [-0.2, 0) is 17.1 Å². The summed E-state index contributed by atoms with van der Waals surface area (Å²) in [5, 5.41) is 30.6. The minimum absolute atomic E-state index is 0. The van der Waals surface area contributed by atoms with Crippen LogP contribution in [0.2, 0.25) is 0 Å². The SMILES string of the molecule is O=C([O-])O.O=C([O-])O.[Mn+2]. The van der Waals surface area contributed by atoms with Crippen LogP contribution in [0.1, 0.15) is 0 Å². The van der Waals surface area contributed by atoms with Gasteiger partial charge in [0.05, 0.1) is 0 Å². The molecule has 6 nitrogen and oxygen atoms in total. The first-order chi connectivity index (χ1) is 3.46. The van der Waals surface area contributed by atoms with Gasteiger partial charge in [-0.2, -0.15) is 0 Å². The second kappa shape index (κ2) is 10.1. The van der Waals surface area contributed by atoms with Gasteiger partial charge in [-0.05, 0) is 0 Å². The molecule has 0 amide bonds. The van der Waals surface area contributed by atoms with Crippen LogP contribution >= 0.6 is 0 Å². The van der Waals surface area contributed by atoms with Crippen LogP contribution in [0, 0.1) is 0 Å². The van der Waals surface area contributed by atoms with Crippen molar-refractivity contribution in [3.8, 4) is 0 Å². The van der Waals surface area contributed by atoms with Gasteiger partial charge in [-0.15, -0.1) is 0 Å². The van der Waals surface area contributed by atoms with Crippen molar-refractivity contribution in [3.05, 3.63) is 0 Å². The molecule has 0 aromatic rings. The molecule has 7 heteroatoms. The number of hydrogen-bond acceptors (Lipinski definition) is 4. The molecular formula is C2H2MnO6. The van der Waals surface area contributed by atoms with Crippen molar-refractivity contribution in [1.82, 2.24) is 0 Å². The first-order valence-corrected chi connectivity index (χ1v) is 1.26. The van der Waals surface area contributed by atoms with Crippen LogP contribution in [-0.4, -0.2) is 22.5 Å². The summed E-state index contributed by atoms with van der Waals surface area (Å²) in [5.41, 5.74) is 0. The van der Waals surface area contributed by atoms with Gasteiger partial charge in [-0.1, -0.05) is 0 Å². The van der Waals surface area contributed by atoms with E-state index in [0.29, 0.717) is 0 Å². The Morgan fingerprint density at radius 3 is 1.00 bits per heavy atom. The molecule has 9 heavy (non-hydrogen) atoms. The van der Waals surface area contributed by atoms with Gasteiger partial charge in [-0.3, -0.25) is 0 Å². The topological polar surface area (TPSA) is 121 Å². The van der Waals surface area contributed by atoms with Crippen molar-refractivity contribution in [2.75, 3.05) is 0 Å². The van der Waals surface area contributed by atoms with Gasteiger partial charge in [0.2, 0.25) is 12.3 Å². The molecule has 53 valence electrons. The number of hydrogen-bond donors (Lipinski definition) is 2. The number of rotatable bonds is 0. The van der Waals surface area contributed by atoms with E-state index in [4.69, 9.17) is 30.0 Å². The van der Waals surface area contributed by atoms with E-state index in [9.17, 15) is 0 Å².